The van der Waals surface area contributed by atoms with Gasteiger partial charge in [0.1, 0.15) is 6.04 Å². The summed E-state index contributed by atoms with van der Waals surface area (Å²) in [6, 6.07) is 3.44. The standard InChI is InChI=1S/C14H18BrNO3S/c15-12-8-7-10(20-12)4-3-6-13(17)16-9-2-1-5-11(16)14(18)19/h7-8,11H,1-6,9H2,(H,18,19)/t11-/m1/s1. The van der Waals surface area contributed by atoms with E-state index in [-0.39, 0.29) is 5.91 Å². The molecule has 1 aromatic rings. The molecule has 1 saturated heterocycles. The quantitative estimate of drug-likeness (QED) is 0.877. The summed E-state index contributed by atoms with van der Waals surface area (Å²) in [5, 5.41) is 9.17. The van der Waals surface area contributed by atoms with Gasteiger partial charge >= 0.3 is 5.97 Å². The third-order valence-corrected chi connectivity index (χ3v) is 5.23. The number of likely N-dealkylation sites (tertiary alicyclic amines) is 1. The van der Waals surface area contributed by atoms with Crippen molar-refractivity contribution in [1.82, 2.24) is 4.90 Å². The monoisotopic (exact) mass is 359 g/mol. The number of nitrogens with zero attached hydrogens (tertiary/aromatic N) is 1. The van der Waals surface area contributed by atoms with Gasteiger partial charge in [-0.3, -0.25) is 4.79 Å². The third kappa shape index (κ3) is 4.06. The second-order valence-electron chi connectivity index (χ2n) is 5.00. The molecule has 0 aromatic carbocycles. The van der Waals surface area contributed by atoms with E-state index in [0.29, 0.717) is 19.4 Å². The number of hydrogen-bond acceptors (Lipinski definition) is 3. The average Bonchev–Trinajstić information content (AvgIpc) is 2.84. The Labute approximate surface area is 130 Å². The highest BCUT2D eigenvalue weighted by molar-refractivity contribution is 9.11. The number of carboxylic acids is 1. The number of carbonyl (C=O) groups is 2. The Hall–Kier alpha value is -0.880. The van der Waals surface area contributed by atoms with Gasteiger partial charge in [0, 0.05) is 17.8 Å². The smallest absolute Gasteiger partial charge is 0.326 e. The van der Waals surface area contributed by atoms with E-state index in [1.165, 1.54) is 4.88 Å². The molecule has 20 heavy (non-hydrogen) atoms. The summed E-state index contributed by atoms with van der Waals surface area (Å²) in [5.74, 6) is -0.895. The predicted molar refractivity (Wildman–Crippen MR) is 81.9 cm³/mol. The fourth-order valence-corrected chi connectivity index (χ4v) is 4.06. The number of rotatable bonds is 5. The van der Waals surface area contributed by atoms with Crippen LogP contribution in [-0.4, -0.2) is 34.5 Å². The lowest BCUT2D eigenvalue weighted by molar-refractivity contribution is -0.152. The maximum atomic E-state index is 12.2. The summed E-state index contributed by atoms with van der Waals surface area (Å²) < 4.78 is 1.10. The minimum absolute atomic E-state index is 0.0206. The van der Waals surface area contributed by atoms with Crippen LogP contribution in [0.4, 0.5) is 0 Å². The molecule has 1 aliphatic rings. The molecule has 0 spiro atoms. The lowest BCUT2D eigenvalue weighted by Gasteiger charge is -2.33. The molecular formula is C14H18BrNO3S. The highest BCUT2D eigenvalue weighted by Crippen LogP contribution is 2.24. The molecule has 1 aliphatic heterocycles. The largest absolute Gasteiger partial charge is 0.480 e. The normalized spacial score (nSPS) is 19.1. The first kappa shape index (κ1) is 15.5. The Kier molecular flexibility index (Phi) is 5.60. The van der Waals surface area contributed by atoms with Crippen LogP contribution in [0.15, 0.2) is 15.9 Å². The van der Waals surface area contributed by atoms with Crippen LogP contribution in [-0.2, 0) is 16.0 Å². The van der Waals surface area contributed by atoms with Gasteiger partial charge in [0.15, 0.2) is 0 Å². The molecule has 0 unspecified atom stereocenters. The summed E-state index contributed by atoms with van der Waals surface area (Å²) in [5.41, 5.74) is 0. The van der Waals surface area contributed by atoms with Crippen LogP contribution in [0.5, 0.6) is 0 Å². The molecule has 2 rings (SSSR count). The van der Waals surface area contributed by atoms with Crippen molar-refractivity contribution in [3.05, 3.63) is 20.8 Å². The Bertz CT molecular complexity index is 489. The van der Waals surface area contributed by atoms with Crippen molar-refractivity contribution >= 4 is 39.1 Å². The first-order chi connectivity index (χ1) is 9.58. The van der Waals surface area contributed by atoms with Gasteiger partial charge < -0.3 is 10.0 Å². The molecule has 1 amide bonds. The van der Waals surface area contributed by atoms with Gasteiger partial charge in [-0.05, 0) is 60.2 Å². The Balaban J connectivity index is 1.82. The van der Waals surface area contributed by atoms with Gasteiger partial charge in [0.05, 0.1) is 3.79 Å². The van der Waals surface area contributed by atoms with Crippen LogP contribution in [0.2, 0.25) is 0 Å². The van der Waals surface area contributed by atoms with E-state index in [9.17, 15) is 9.59 Å². The van der Waals surface area contributed by atoms with Crippen LogP contribution in [0.3, 0.4) is 0 Å². The van der Waals surface area contributed by atoms with Crippen LogP contribution >= 0.6 is 27.3 Å². The zero-order chi connectivity index (χ0) is 14.5. The fourth-order valence-electron chi connectivity index (χ4n) is 2.53. The van der Waals surface area contributed by atoms with Crippen molar-refractivity contribution in [2.24, 2.45) is 0 Å². The van der Waals surface area contributed by atoms with E-state index >= 15 is 0 Å². The lowest BCUT2D eigenvalue weighted by atomic mass is 10.0. The van der Waals surface area contributed by atoms with Crippen LogP contribution in [0.25, 0.3) is 0 Å². The second kappa shape index (κ2) is 7.22. The summed E-state index contributed by atoms with van der Waals surface area (Å²) >= 11 is 5.10. The molecule has 0 radical (unpaired) electrons. The van der Waals surface area contributed by atoms with Gasteiger partial charge in [-0.15, -0.1) is 11.3 Å². The number of carboxylic acid groups (broad SMARTS) is 1. The van der Waals surface area contributed by atoms with Gasteiger partial charge in [-0.1, -0.05) is 0 Å². The third-order valence-electron chi connectivity index (χ3n) is 3.55. The molecule has 0 saturated carbocycles. The Morgan fingerprint density at radius 1 is 1.40 bits per heavy atom. The number of aliphatic carboxylic acids is 1. The number of carbonyl (C=O) groups excluding carboxylic acids is 1. The van der Waals surface area contributed by atoms with Gasteiger partial charge in [0.25, 0.3) is 0 Å². The molecule has 1 fully saturated rings. The van der Waals surface area contributed by atoms with E-state index < -0.39 is 12.0 Å². The number of amides is 1. The highest BCUT2D eigenvalue weighted by Gasteiger charge is 2.31. The minimum Gasteiger partial charge on any atom is -0.480 e. The van der Waals surface area contributed by atoms with E-state index in [1.807, 2.05) is 6.07 Å². The molecular weight excluding hydrogens is 342 g/mol. The SMILES string of the molecule is O=C(O)[C@H]1CCCCN1C(=O)CCCc1ccc(Br)s1. The first-order valence-electron chi connectivity index (χ1n) is 6.84. The second-order valence-corrected chi connectivity index (χ2v) is 7.54. The van der Waals surface area contributed by atoms with E-state index in [0.717, 1.165) is 29.5 Å². The number of thiophene rings is 1. The lowest BCUT2D eigenvalue weighted by Crippen LogP contribution is -2.47. The fraction of sp³-hybridized carbons (Fsp3) is 0.571. The van der Waals surface area contributed by atoms with Gasteiger partial charge in [-0.2, -0.15) is 0 Å². The van der Waals surface area contributed by atoms with Gasteiger partial charge in [-0.25, -0.2) is 4.79 Å². The maximum absolute atomic E-state index is 12.2. The predicted octanol–water partition coefficient (Wildman–Crippen LogP) is 3.30. The molecule has 0 aliphatic carbocycles. The van der Waals surface area contributed by atoms with Crippen molar-refractivity contribution in [3.63, 3.8) is 0 Å². The summed E-state index contributed by atoms with van der Waals surface area (Å²) in [6.07, 6.45) is 4.46. The Morgan fingerprint density at radius 2 is 2.20 bits per heavy atom. The maximum Gasteiger partial charge on any atom is 0.326 e. The average molecular weight is 360 g/mol. The highest BCUT2D eigenvalue weighted by atomic mass is 79.9. The Morgan fingerprint density at radius 3 is 2.85 bits per heavy atom. The topological polar surface area (TPSA) is 57.6 Å². The van der Waals surface area contributed by atoms with Crippen LogP contribution < -0.4 is 0 Å². The van der Waals surface area contributed by atoms with E-state index in [4.69, 9.17) is 5.11 Å². The van der Waals surface area contributed by atoms with Gasteiger partial charge in [0.2, 0.25) is 5.91 Å². The van der Waals surface area contributed by atoms with Crippen molar-refractivity contribution in [1.29, 1.82) is 0 Å². The molecule has 110 valence electrons. The molecule has 6 heteroatoms. The number of piperidine rings is 1. The first-order valence-corrected chi connectivity index (χ1v) is 8.45. The molecule has 2 heterocycles. The zero-order valence-corrected chi connectivity index (χ0v) is 13.6. The van der Waals surface area contributed by atoms with Crippen molar-refractivity contribution < 1.29 is 14.7 Å². The van der Waals surface area contributed by atoms with Crippen molar-refractivity contribution in [2.75, 3.05) is 6.54 Å². The summed E-state index contributed by atoms with van der Waals surface area (Å²) in [6.45, 7) is 0.584. The number of hydrogen-bond donors (Lipinski definition) is 1. The van der Waals surface area contributed by atoms with Crippen LogP contribution in [0.1, 0.15) is 37.0 Å². The molecule has 1 atom stereocenters. The molecule has 4 nitrogen and oxygen atoms in total. The molecule has 1 N–H and O–H groups in total. The number of aryl methyl sites for hydroxylation is 1. The summed E-state index contributed by atoms with van der Waals surface area (Å²) in [7, 11) is 0. The minimum atomic E-state index is -0.875. The van der Waals surface area contributed by atoms with Crippen molar-refractivity contribution in [2.45, 2.75) is 44.6 Å². The summed E-state index contributed by atoms with van der Waals surface area (Å²) in [4.78, 5) is 26.1. The van der Waals surface area contributed by atoms with E-state index in [1.54, 1.807) is 16.2 Å². The molecule has 0 bridgehead atoms. The zero-order valence-electron chi connectivity index (χ0n) is 11.2. The van der Waals surface area contributed by atoms with Crippen LogP contribution in [0, 0.1) is 0 Å². The van der Waals surface area contributed by atoms with Crippen molar-refractivity contribution in [3.8, 4) is 0 Å². The number of halogens is 1. The van der Waals surface area contributed by atoms with E-state index in [2.05, 4.69) is 22.0 Å². The molecule has 1 aromatic heterocycles.